The Hall–Kier alpha value is -13.9. The van der Waals surface area contributed by atoms with Crippen molar-refractivity contribution in [1.29, 1.82) is 5.41 Å². The first-order valence-corrected chi connectivity index (χ1v) is 42.9. The Labute approximate surface area is 785 Å². The number of benzene rings is 9. The highest BCUT2D eigenvalue weighted by Crippen LogP contribution is 2.41. The van der Waals surface area contributed by atoms with E-state index in [9.17, 15) is 33.6 Å². The summed E-state index contributed by atoms with van der Waals surface area (Å²) in [4.78, 5) is 188. The number of esters is 13. The summed E-state index contributed by atoms with van der Waals surface area (Å²) in [6, 6.07) is 65.2. The van der Waals surface area contributed by atoms with Crippen molar-refractivity contribution in [1.82, 2.24) is 0 Å². The van der Waals surface area contributed by atoms with Crippen molar-refractivity contribution in [3.8, 4) is 0 Å². The van der Waals surface area contributed by atoms with Crippen LogP contribution in [0.3, 0.4) is 0 Å². The first-order chi connectivity index (χ1) is 65.0. The van der Waals surface area contributed by atoms with E-state index >= 15 is 28.8 Å². The van der Waals surface area contributed by atoms with Crippen molar-refractivity contribution in [2.24, 2.45) is 0 Å². The van der Waals surface area contributed by atoms with Gasteiger partial charge in [0.05, 0.1) is 69.9 Å². The Bertz CT molecular complexity index is 5610. The Morgan fingerprint density at radius 3 is 0.622 bits per heavy atom. The molecule has 0 aromatic heterocycles. The topological polar surface area (TPSA) is 440 Å². The maximum Gasteiger partial charge on any atom is 0.338 e. The van der Waals surface area contributed by atoms with Gasteiger partial charge in [-0.15, -0.1) is 0 Å². The van der Waals surface area contributed by atoms with Crippen LogP contribution in [0.1, 0.15) is 121 Å². The normalized spacial score (nSPS) is 24.6. The third-order valence-corrected chi connectivity index (χ3v) is 21.3. The van der Waals surface area contributed by atoms with Gasteiger partial charge in [0.15, 0.2) is 86.0 Å². The Morgan fingerprint density at radius 2 is 0.400 bits per heavy atom. The summed E-state index contributed by atoms with van der Waals surface area (Å²) in [7, 11) is 0. The lowest BCUT2D eigenvalue weighted by atomic mass is 9.96. The van der Waals surface area contributed by atoms with Crippen molar-refractivity contribution < 1.29 is 162 Å². The summed E-state index contributed by atoms with van der Waals surface area (Å²) in [6.45, 7) is -0.147. The second-order valence-corrected chi connectivity index (χ2v) is 32.5. The van der Waals surface area contributed by atoms with Crippen molar-refractivity contribution in [3.63, 3.8) is 0 Å². The van der Waals surface area contributed by atoms with Crippen LogP contribution in [0.5, 0.6) is 0 Å². The lowest BCUT2D eigenvalue weighted by Crippen LogP contribution is -2.66. The molecule has 4 aliphatic rings. The van der Waals surface area contributed by atoms with Gasteiger partial charge in [-0.1, -0.05) is 199 Å². The summed E-state index contributed by atoms with van der Waals surface area (Å²) in [5, 5.41) is 8.97. The monoisotopic (exact) mass is 1910 g/mol. The van der Waals surface area contributed by atoms with Crippen LogP contribution >= 0.6 is 34.8 Å². The van der Waals surface area contributed by atoms with Crippen LogP contribution in [0.25, 0.3) is 0 Å². The number of nitrogens with one attached hydrogen (secondary N) is 1. The maximum absolute atomic E-state index is 15.3. The molecule has 4 heterocycles. The summed E-state index contributed by atoms with van der Waals surface area (Å²) in [5.74, 6) is -15.7. The molecule has 0 unspecified atom stereocenters. The van der Waals surface area contributed by atoms with E-state index in [2.05, 4.69) is 0 Å². The summed E-state index contributed by atoms with van der Waals surface area (Å²) in [6.07, 6.45) is -42.1. The Kier molecular flexibility index (Phi) is 34.1. The molecule has 135 heavy (non-hydrogen) atoms. The van der Waals surface area contributed by atoms with E-state index in [1.807, 2.05) is 0 Å². The molecular weight excluding hydrogens is 1830 g/mol. The number of carbonyl (C=O) groups is 13. The second kappa shape index (κ2) is 46.7. The Morgan fingerprint density at radius 1 is 0.230 bits per heavy atom. The van der Waals surface area contributed by atoms with Crippen LogP contribution in [0, 0.1) is 5.41 Å². The molecule has 0 bridgehead atoms. The summed E-state index contributed by atoms with van der Waals surface area (Å²) < 4.78 is 131. The first-order valence-electron chi connectivity index (χ1n) is 41.8. The number of ether oxygens (including phenoxy) is 21. The fourth-order valence-corrected chi connectivity index (χ4v) is 14.7. The molecule has 38 heteroatoms. The molecule has 0 aliphatic carbocycles. The lowest BCUT2D eigenvalue weighted by molar-refractivity contribution is -0.344. The molecule has 4 saturated heterocycles. The number of hydrogen-bond donors (Lipinski definition) is 1. The molecule has 4 fully saturated rings. The van der Waals surface area contributed by atoms with Crippen LogP contribution < -0.4 is 0 Å². The van der Waals surface area contributed by atoms with Crippen LogP contribution in [-0.2, 0) is 119 Å². The number of hydrogen-bond acceptors (Lipinski definition) is 35. The molecule has 4 aliphatic heterocycles. The Balaban J connectivity index is 0.984. The van der Waals surface area contributed by atoms with Crippen molar-refractivity contribution in [2.75, 3.05) is 26.4 Å². The molecule has 0 amide bonds. The van der Waals surface area contributed by atoms with Gasteiger partial charge in [-0.2, -0.15) is 0 Å². The molecule has 0 saturated carbocycles. The van der Waals surface area contributed by atoms with Crippen LogP contribution in [0.2, 0.25) is 0 Å². The van der Waals surface area contributed by atoms with E-state index in [4.69, 9.17) is 140 Å². The third-order valence-electron chi connectivity index (χ3n) is 20.8. The quantitative estimate of drug-likeness (QED) is 0.0131. The van der Waals surface area contributed by atoms with Crippen LogP contribution in [-0.4, -0.2) is 237 Å². The van der Waals surface area contributed by atoms with Crippen molar-refractivity contribution in [2.45, 2.75) is 154 Å². The van der Waals surface area contributed by atoms with E-state index in [0.29, 0.717) is 0 Å². The smallest absolute Gasteiger partial charge is 0.338 e. The van der Waals surface area contributed by atoms with Gasteiger partial charge in [0.1, 0.15) is 31.0 Å². The molecule has 1 N–H and O–H groups in total. The molecule has 704 valence electrons. The number of rotatable bonds is 33. The predicted octanol–water partition coefficient (Wildman–Crippen LogP) is 11.7. The van der Waals surface area contributed by atoms with Gasteiger partial charge < -0.3 is 99.5 Å². The van der Waals surface area contributed by atoms with Gasteiger partial charge in [-0.3, -0.25) is 24.6 Å². The number of alkyl halides is 3. The van der Waals surface area contributed by atoms with E-state index in [-0.39, 0.29) is 50.1 Å². The van der Waals surface area contributed by atoms with E-state index in [1.54, 1.807) is 54.6 Å². The van der Waals surface area contributed by atoms with Gasteiger partial charge in [-0.25, -0.2) is 43.2 Å². The zero-order chi connectivity index (χ0) is 95.8. The minimum atomic E-state index is -2.74. The third kappa shape index (κ3) is 26.4. The van der Waals surface area contributed by atoms with Gasteiger partial charge in [0, 0.05) is 27.7 Å². The number of carbonyl (C=O) groups excluding carboxylic acids is 13. The minimum Gasteiger partial charge on any atom is -0.463 e. The van der Waals surface area contributed by atoms with E-state index in [1.165, 1.54) is 218 Å². The van der Waals surface area contributed by atoms with Gasteiger partial charge in [0.2, 0.25) is 18.3 Å². The lowest BCUT2D eigenvalue weighted by Gasteiger charge is -2.47. The van der Waals surface area contributed by atoms with Crippen LogP contribution in [0.15, 0.2) is 273 Å². The molecule has 0 spiro atoms. The zero-order valence-electron chi connectivity index (χ0n) is 71.9. The zero-order valence-corrected chi connectivity index (χ0v) is 74.1. The molecule has 9 aromatic carbocycles. The summed E-state index contributed by atoms with van der Waals surface area (Å²) in [5.41, 5.74) is -1.32. The second-order valence-electron chi connectivity index (χ2n) is 30.3. The fraction of sp³-hybridized carbons (Fsp3) is 0.299. The standard InChI is InChI=1S/C97H86Cl3NO34/c1-54(102)115-50-67-71(119-55(2)103)75(120-56(3)104)79(121-57(4)105)92(122-67)116-51-68-72(126-83(106)58-32-14-5-15-33-58)76(129-86(109)61-38-20-8-21-39-61)80(132-89(112)64-44-26-11-27-45-64)93(123-68)117-52-69-73(127-84(107)59-34-16-6-17-35-59)77(130-87(110)62-40-22-9-23-41-62)81(133-90(113)65-46-28-12-29-47-65)94(124-69)118-53-70-74(128-85(108)60-36-18-7-19-37-60)78(131-88(111)63-42-24-10-25-43-63)82(95(125-70)135-96(101)97(98,99)100)134-91(114)66-48-30-13-31-49-66/h5-49,67-82,92-95,101H,50-53H2,1-4H3/t67-,68-,69-,70-,71-,72-,73-,74-,75+,76+,77+,78+,79-,80-,81-,82-,92-,93-,94-,95-/m1/s1. The highest BCUT2D eigenvalue weighted by molar-refractivity contribution is 6.76. The minimum absolute atomic E-state index is 0.112. The van der Waals surface area contributed by atoms with Gasteiger partial charge in [-0.05, 0) is 109 Å². The molecule has 9 aromatic rings. The average Bonchev–Trinajstić information content (AvgIpc) is 0.769. The first kappa shape index (κ1) is 98.6. The fourth-order valence-electron chi connectivity index (χ4n) is 14.6. The SMILES string of the molecule is CC(=O)OC[C@H]1O[C@@H](OC[C@H]2O[C@@H](OC[C@H]3O[C@@H](OC[C@H]4O[C@H](OC(=N)C(Cl)(Cl)Cl)[C@H](OC(=O)c5ccccc5)[C@@H](OC(=O)c5ccccc5)[C@@H]4OC(=O)c4ccccc4)[C@H](OC(=O)c4ccccc4)[C@@H](OC(=O)c4ccccc4)[C@@H]3OC(=O)c3ccccc3)[C@H](OC(=O)c3ccccc3)[C@@H](OC(=O)c3ccccc3)[C@@H]2OC(=O)c2ccccc2)[C@H](OC(C)=O)[C@@H](OC(C)=O)[C@@H]1OC(C)=O. The van der Waals surface area contributed by atoms with Crippen molar-refractivity contribution in [3.05, 3.63) is 323 Å². The molecule has 20 atom stereocenters. The highest BCUT2D eigenvalue weighted by Gasteiger charge is 2.61. The van der Waals surface area contributed by atoms with E-state index in [0.717, 1.165) is 27.7 Å². The number of halogens is 3. The molecule has 0 radical (unpaired) electrons. The highest BCUT2D eigenvalue weighted by atomic mass is 35.6. The molecular formula is C97H86Cl3NO34. The van der Waals surface area contributed by atoms with Crippen LogP contribution in [0.4, 0.5) is 0 Å². The summed E-state index contributed by atoms with van der Waals surface area (Å²) >= 11 is 19.0. The average molecular weight is 1920 g/mol. The van der Waals surface area contributed by atoms with Crippen molar-refractivity contribution >= 4 is 118 Å². The molecule has 13 rings (SSSR count). The van der Waals surface area contributed by atoms with E-state index < -0.39 is 237 Å². The molecule has 35 nitrogen and oxygen atoms in total. The predicted molar refractivity (Wildman–Crippen MR) is 466 cm³/mol. The van der Waals surface area contributed by atoms with Gasteiger partial charge in [0.25, 0.3) is 3.79 Å². The maximum atomic E-state index is 15.3. The van der Waals surface area contributed by atoms with Gasteiger partial charge >= 0.3 is 77.6 Å². The largest absolute Gasteiger partial charge is 0.463 e.